The van der Waals surface area contributed by atoms with Crippen LogP contribution in [0.3, 0.4) is 0 Å². The summed E-state index contributed by atoms with van der Waals surface area (Å²) in [6, 6.07) is 6.17. The molecule has 0 aliphatic carbocycles. The van der Waals surface area contributed by atoms with E-state index in [-0.39, 0.29) is 19.0 Å². The van der Waals surface area contributed by atoms with Gasteiger partial charge >= 0.3 is 6.09 Å². The number of aryl methyl sites for hydroxylation is 1. The van der Waals surface area contributed by atoms with Crippen LogP contribution in [0.25, 0.3) is 0 Å². The van der Waals surface area contributed by atoms with E-state index in [2.05, 4.69) is 15.0 Å². The first kappa shape index (κ1) is 18.7. The number of morpholine rings is 1. The van der Waals surface area contributed by atoms with Crippen LogP contribution in [-0.2, 0) is 16.1 Å². The third-order valence-electron chi connectivity index (χ3n) is 4.06. The second kappa shape index (κ2) is 8.54. The maximum absolute atomic E-state index is 13.6. The molecule has 0 saturated carbocycles. The molecule has 1 aromatic heterocycles. The summed E-state index contributed by atoms with van der Waals surface area (Å²) >= 11 is 0. The number of nitrogens with zero attached hydrogens (tertiary/aromatic N) is 4. The Kier molecular flexibility index (Phi) is 5.92. The van der Waals surface area contributed by atoms with Crippen molar-refractivity contribution in [1.82, 2.24) is 14.9 Å². The van der Waals surface area contributed by atoms with E-state index in [1.54, 1.807) is 31.3 Å². The molecule has 0 bridgehead atoms. The van der Waals surface area contributed by atoms with Gasteiger partial charge in [-0.25, -0.2) is 19.2 Å². The largest absolute Gasteiger partial charge is 0.444 e. The van der Waals surface area contributed by atoms with Crippen molar-refractivity contribution < 1.29 is 18.7 Å². The minimum absolute atomic E-state index is 0.126. The van der Waals surface area contributed by atoms with E-state index in [4.69, 9.17) is 15.2 Å². The molecule has 0 unspecified atom stereocenters. The van der Waals surface area contributed by atoms with Crippen molar-refractivity contribution >= 4 is 23.8 Å². The first-order chi connectivity index (χ1) is 13.0. The van der Waals surface area contributed by atoms with E-state index < -0.39 is 18.0 Å². The molecule has 0 radical (unpaired) electrons. The number of halogens is 1. The fraction of sp³-hybridized carbons (Fsp3) is 0.333. The van der Waals surface area contributed by atoms with Crippen LogP contribution >= 0.6 is 0 Å². The van der Waals surface area contributed by atoms with Gasteiger partial charge in [-0.1, -0.05) is 18.2 Å². The number of rotatable bonds is 4. The van der Waals surface area contributed by atoms with Crippen LogP contribution in [0.2, 0.25) is 0 Å². The Morgan fingerprint density at radius 1 is 1.48 bits per heavy atom. The van der Waals surface area contributed by atoms with Gasteiger partial charge in [-0.05, 0) is 13.0 Å². The van der Waals surface area contributed by atoms with E-state index in [1.165, 1.54) is 17.3 Å². The fourth-order valence-corrected chi connectivity index (χ4v) is 2.58. The van der Waals surface area contributed by atoms with Crippen LogP contribution in [0.1, 0.15) is 11.3 Å². The van der Waals surface area contributed by atoms with Crippen molar-refractivity contribution in [2.75, 3.05) is 25.4 Å². The molecule has 1 fully saturated rings. The predicted molar refractivity (Wildman–Crippen MR) is 97.2 cm³/mol. The molecule has 3 rings (SSSR count). The Labute approximate surface area is 155 Å². The third kappa shape index (κ3) is 4.76. The van der Waals surface area contributed by atoms with Gasteiger partial charge in [0, 0.05) is 18.3 Å². The molecule has 9 heteroatoms. The number of carbonyl (C=O) groups is 1. The monoisotopic (exact) mass is 373 g/mol. The van der Waals surface area contributed by atoms with E-state index >= 15 is 0 Å². The predicted octanol–water partition coefficient (Wildman–Crippen LogP) is 2.25. The first-order valence-corrected chi connectivity index (χ1v) is 8.42. The summed E-state index contributed by atoms with van der Waals surface area (Å²) in [5.41, 5.74) is 7.25. The number of carbonyl (C=O) groups excluding carboxylic acids is 1. The van der Waals surface area contributed by atoms with Crippen LogP contribution in [0, 0.1) is 12.7 Å². The van der Waals surface area contributed by atoms with Gasteiger partial charge < -0.3 is 20.1 Å². The van der Waals surface area contributed by atoms with Crippen molar-refractivity contribution in [2.45, 2.75) is 19.6 Å². The van der Waals surface area contributed by atoms with Crippen LogP contribution in [-0.4, -0.2) is 53.0 Å². The van der Waals surface area contributed by atoms with Gasteiger partial charge in [-0.2, -0.15) is 0 Å². The average molecular weight is 373 g/mol. The quantitative estimate of drug-likeness (QED) is 0.825. The minimum Gasteiger partial charge on any atom is -0.444 e. The van der Waals surface area contributed by atoms with Crippen LogP contribution in [0.15, 0.2) is 35.6 Å². The SMILES string of the molecule is Cc1ncnc(N)c1N=C[C@@H]1CN(C(=O)OCc2ccccc2F)CCO1. The highest BCUT2D eigenvalue weighted by molar-refractivity contribution is 5.74. The Morgan fingerprint density at radius 3 is 3.07 bits per heavy atom. The molecular formula is C18H20FN5O3. The van der Waals surface area contributed by atoms with Crippen molar-refractivity contribution in [2.24, 2.45) is 4.99 Å². The van der Waals surface area contributed by atoms with Crippen LogP contribution in [0.5, 0.6) is 0 Å². The molecule has 1 saturated heterocycles. The molecule has 1 amide bonds. The molecular weight excluding hydrogens is 353 g/mol. The Bertz CT molecular complexity index is 825. The molecule has 27 heavy (non-hydrogen) atoms. The van der Waals surface area contributed by atoms with Crippen LogP contribution < -0.4 is 5.73 Å². The molecule has 142 valence electrons. The average Bonchev–Trinajstić information content (AvgIpc) is 2.67. The number of benzene rings is 1. The zero-order valence-corrected chi connectivity index (χ0v) is 14.8. The maximum Gasteiger partial charge on any atom is 0.410 e. The Morgan fingerprint density at radius 2 is 2.30 bits per heavy atom. The summed E-state index contributed by atoms with van der Waals surface area (Å²) < 4.78 is 24.4. The van der Waals surface area contributed by atoms with E-state index in [0.717, 1.165) is 0 Å². The maximum atomic E-state index is 13.6. The number of hydrogen-bond acceptors (Lipinski definition) is 7. The van der Waals surface area contributed by atoms with Crippen molar-refractivity contribution in [3.63, 3.8) is 0 Å². The molecule has 1 aliphatic rings. The number of nitrogens with two attached hydrogens (primary N) is 1. The molecule has 2 aromatic rings. The molecule has 2 heterocycles. The molecule has 2 N–H and O–H groups in total. The zero-order chi connectivity index (χ0) is 19.2. The van der Waals surface area contributed by atoms with Gasteiger partial charge in [0.2, 0.25) is 0 Å². The van der Waals surface area contributed by atoms with Gasteiger partial charge in [-0.3, -0.25) is 4.99 Å². The topological polar surface area (TPSA) is 103 Å². The van der Waals surface area contributed by atoms with Gasteiger partial charge in [0.05, 0.1) is 18.8 Å². The lowest BCUT2D eigenvalue weighted by Crippen LogP contribution is -2.46. The molecule has 1 atom stereocenters. The lowest BCUT2D eigenvalue weighted by Gasteiger charge is -2.30. The lowest BCUT2D eigenvalue weighted by atomic mass is 10.2. The van der Waals surface area contributed by atoms with Gasteiger partial charge in [0.1, 0.15) is 30.5 Å². The van der Waals surface area contributed by atoms with Gasteiger partial charge in [-0.15, -0.1) is 0 Å². The second-order valence-electron chi connectivity index (χ2n) is 5.97. The summed E-state index contributed by atoms with van der Waals surface area (Å²) in [5, 5.41) is 0. The zero-order valence-electron chi connectivity index (χ0n) is 14.8. The number of amides is 1. The standard InChI is InChI=1S/C18H20FN5O3/c1-12-16(17(20)23-11-22-12)21-8-14-9-24(6-7-26-14)18(25)27-10-13-4-2-3-5-15(13)19/h2-5,8,11,14H,6-7,9-10H2,1H3,(H2,20,22,23)/t14-/m1/s1. The van der Waals surface area contributed by atoms with E-state index in [1.807, 2.05) is 0 Å². The first-order valence-electron chi connectivity index (χ1n) is 8.42. The van der Waals surface area contributed by atoms with Crippen molar-refractivity contribution in [3.8, 4) is 0 Å². The summed E-state index contributed by atoms with van der Waals surface area (Å²) in [5.74, 6) is -0.133. The molecule has 0 spiro atoms. The fourth-order valence-electron chi connectivity index (χ4n) is 2.58. The van der Waals surface area contributed by atoms with Crippen LogP contribution in [0.4, 0.5) is 20.7 Å². The molecule has 1 aromatic carbocycles. The molecule has 8 nitrogen and oxygen atoms in total. The van der Waals surface area contributed by atoms with E-state index in [9.17, 15) is 9.18 Å². The highest BCUT2D eigenvalue weighted by Gasteiger charge is 2.24. The summed E-state index contributed by atoms with van der Waals surface area (Å²) in [4.78, 5) is 26.0. The highest BCUT2D eigenvalue weighted by Crippen LogP contribution is 2.21. The summed E-state index contributed by atoms with van der Waals surface area (Å²) in [7, 11) is 0. The summed E-state index contributed by atoms with van der Waals surface area (Å²) in [6.45, 7) is 2.64. The number of anilines is 1. The van der Waals surface area contributed by atoms with Gasteiger partial charge in [0.15, 0.2) is 5.82 Å². The summed E-state index contributed by atoms with van der Waals surface area (Å²) in [6.07, 6.45) is 1.99. The third-order valence-corrected chi connectivity index (χ3v) is 4.06. The van der Waals surface area contributed by atoms with Crippen molar-refractivity contribution in [1.29, 1.82) is 0 Å². The van der Waals surface area contributed by atoms with Crippen molar-refractivity contribution in [3.05, 3.63) is 47.7 Å². The lowest BCUT2D eigenvalue weighted by molar-refractivity contribution is 0.00313. The Hall–Kier alpha value is -3.07. The highest BCUT2D eigenvalue weighted by atomic mass is 19.1. The minimum atomic E-state index is -0.529. The van der Waals surface area contributed by atoms with Gasteiger partial charge in [0.25, 0.3) is 0 Å². The number of ether oxygens (including phenoxy) is 2. The number of aliphatic imine (C=N–C) groups is 1. The second-order valence-corrected chi connectivity index (χ2v) is 5.97. The molecule has 1 aliphatic heterocycles. The number of hydrogen-bond donors (Lipinski definition) is 1. The number of nitrogen functional groups attached to an aromatic ring is 1. The van der Waals surface area contributed by atoms with E-state index in [0.29, 0.717) is 30.1 Å². The smallest absolute Gasteiger partial charge is 0.410 e. The Balaban J connectivity index is 1.58. The normalized spacial score (nSPS) is 17.3. The number of aromatic nitrogens is 2.